The minimum atomic E-state index is -1.82. The fraction of sp³-hybridized carbons (Fsp3) is 0.556. The van der Waals surface area contributed by atoms with Crippen LogP contribution in [0.15, 0.2) is 22.5 Å². The van der Waals surface area contributed by atoms with Gasteiger partial charge in [-0.15, -0.1) is 23.1 Å². The second-order valence-electron chi connectivity index (χ2n) is 6.86. The Labute approximate surface area is 176 Å². The summed E-state index contributed by atoms with van der Waals surface area (Å²) in [6.45, 7) is 3.78. The molecule has 3 unspecified atom stereocenters. The predicted molar refractivity (Wildman–Crippen MR) is 110 cm³/mol. The Morgan fingerprint density at radius 3 is 2.75 bits per heavy atom. The van der Waals surface area contributed by atoms with Gasteiger partial charge in [0.05, 0.1) is 17.4 Å². The minimum absolute atomic E-state index is 0.640. The Morgan fingerprint density at radius 2 is 2.07 bits per heavy atom. The molecular formula is C18H23N3O4S3. The molecular weight excluding hydrogens is 418 g/mol. The Morgan fingerprint density at radius 1 is 1.25 bits per heavy atom. The van der Waals surface area contributed by atoms with Crippen LogP contribution in [0.1, 0.15) is 35.8 Å². The zero-order valence-corrected chi connectivity index (χ0v) is 17.8. The van der Waals surface area contributed by atoms with Crippen LogP contribution in [-0.4, -0.2) is 61.2 Å². The second-order valence-corrected chi connectivity index (χ2v) is 9.51. The standard InChI is InChI=1S/C16H21N3S3.C2H2O4/c1-4-12-10-19(7-1)11-14(12)15-16(18-22-17-15)21-9-3-6-13-5-2-8-20-13;3-1(4)2(5)6/h2,5,8,12,14H,1,3-4,6-7,9-11H2;(H,3,4)(H,5,6). The molecule has 10 heteroatoms. The summed E-state index contributed by atoms with van der Waals surface area (Å²) in [5, 5.41) is 18.2. The van der Waals surface area contributed by atoms with Crippen LogP contribution in [0.5, 0.6) is 0 Å². The topological polar surface area (TPSA) is 104 Å². The van der Waals surface area contributed by atoms with E-state index in [0.29, 0.717) is 5.92 Å². The molecule has 0 radical (unpaired) electrons. The highest BCUT2D eigenvalue weighted by Crippen LogP contribution is 2.41. The van der Waals surface area contributed by atoms with Gasteiger partial charge in [-0.2, -0.15) is 8.75 Å². The van der Waals surface area contributed by atoms with Crippen LogP contribution in [0.3, 0.4) is 0 Å². The van der Waals surface area contributed by atoms with Gasteiger partial charge in [0.1, 0.15) is 5.03 Å². The Hall–Kier alpha value is -1.49. The fourth-order valence-electron chi connectivity index (χ4n) is 3.71. The highest BCUT2D eigenvalue weighted by molar-refractivity contribution is 7.99. The number of aryl methyl sites for hydroxylation is 1. The van der Waals surface area contributed by atoms with E-state index in [1.54, 1.807) is 0 Å². The van der Waals surface area contributed by atoms with Crippen LogP contribution in [0.4, 0.5) is 0 Å². The van der Waals surface area contributed by atoms with Gasteiger partial charge in [-0.3, -0.25) is 0 Å². The van der Waals surface area contributed by atoms with E-state index in [9.17, 15) is 0 Å². The number of aromatic nitrogens is 2. The van der Waals surface area contributed by atoms with Crippen LogP contribution in [0.2, 0.25) is 0 Å². The van der Waals surface area contributed by atoms with Gasteiger partial charge in [0.2, 0.25) is 0 Å². The van der Waals surface area contributed by atoms with Crippen molar-refractivity contribution in [3.8, 4) is 0 Å². The number of fused-ring (bicyclic) bond motifs is 2. The first-order chi connectivity index (χ1) is 13.5. The summed E-state index contributed by atoms with van der Waals surface area (Å²) in [6.07, 6.45) is 5.16. The zero-order valence-electron chi connectivity index (χ0n) is 15.3. The Bertz CT molecular complexity index is 769. The van der Waals surface area contributed by atoms with Crippen LogP contribution in [0, 0.1) is 5.92 Å². The van der Waals surface area contributed by atoms with E-state index in [0.717, 1.165) is 11.7 Å². The fourth-order valence-corrected chi connectivity index (χ4v) is 6.17. The number of thiophene rings is 1. The molecule has 2 saturated heterocycles. The third-order valence-corrected chi connectivity index (χ3v) is 7.63. The lowest BCUT2D eigenvalue weighted by molar-refractivity contribution is -0.159. The van der Waals surface area contributed by atoms with E-state index in [1.165, 1.54) is 72.6 Å². The molecule has 4 rings (SSSR count). The van der Waals surface area contributed by atoms with Crippen molar-refractivity contribution in [3.63, 3.8) is 0 Å². The van der Waals surface area contributed by atoms with Gasteiger partial charge in [-0.25, -0.2) is 9.59 Å². The SMILES string of the molecule is O=C(O)C(=O)O.c1csc(CCCSc2nsnc2C2CN3CCCC2C3)c1. The van der Waals surface area contributed by atoms with Crippen LogP contribution in [0.25, 0.3) is 0 Å². The quantitative estimate of drug-likeness (QED) is 0.400. The molecule has 3 atom stereocenters. The summed E-state index contributed by atoms with van der Waals surface area (Å²) in [5.41, 5.74) is 1.31. The number of carbonyl (C=O) groups is 2. The van der Waals surface area contributed by atoms with Crippen molar-refractivity contribution in [2.24, 2.45) is 5.92 Å². The van der Waals surface area contributed by atoms with Crippen molar-refractivity contribution in [1.29, 1.82) is 0 Å². The normalized spacial score (nSPS) is 23.1. The summed E-state index contributed by atoms with van der Waals surface area (Å²) in [7, 11) is 0. The van der Waals surface area contributed by atoms with E-state index in [1.807, 2.05) is 23.1 Å². The third-order valence-electron chi connectivity index (χ3n) is 4.97. The molecule has 2 aromatic rings. The highest BCUT2D eigenvalue weighted by atomic mass is 32.2. The van der Waals surface area contributed by atoms with Crippen molar-refractivity contribution >= 4 is 46.8 Å². The first-order valence-corrected chi connectivity index (χ1v) is 11.8. The van der Waals surface area contributed by atoms with Gasteiger partial charge >= 0.3 is 11.9 Å². The van der Waals surface area contributed by atoms with E-state index >= 15 is 0 Å². The molecule has 2 aromatic heterocycles. The minimum Gasteiger partial charge on any atom is -0.473 e. The van der Waals surface area contributed by atoms with Crippen LogP contribution >= 0.6 is 34.8 Å². The lowest BCUT2D eigenvalue weighted by atomic mass is 9.89. The molecule has 0 aromatic carbocycles. The van der Waals surface area contributed by atoms with Gasteiger partial charge in [-0.05, 0) is 55.3 Å². The number of aliphatic carboxylic acids is 2. The number of hydrogen-bond acceptors (Lipinski definition) is 8. The molecule has 0 aliphatic carbocycles. The molecule has 2 aliphatic heterocycles. The van der Waals surface area contributed by atoms with Gasteiger partial charge in [0.15, 0.2) is 0 Å². The maximum atomic E-state index is 9.10. The lowest BCUT2D eigenvalue weighted by Crippen LogP contribution is -2.25. The molecule has 0 amide bonds. The molecule has 7 nitrogen and oxygen atoms in total. The highest BCUT2D eigenvalue weighted by Gasteiger charge is 2.38. The van der Waals surface area contributed by atoms with Gasteiger partial charge in [0.25, 0.3) is 0 Å². The molecule has 0 spiro atoms. The van der Waals surface area contributed by atoms with E-state index in [-0.39, 0.29) is 0 Å². The maximum Gasteiger partial charge on any atom is 0.414 e. The largest absolute Gasteiger partial charge is 0.473 e. The predicted octanol–water partition coefficient (Wildman–Crippen LogP) is 3.29. The van der Waals surface area contributed by atoms with E-state index in [4.69, 9.17) is 19.8 Å². The molecule has 2 aliphatic rings. The second kappa shape index (κ2) is 10.3. The average molecular weight is 442 g/mol. The molecule has 28 heavy (non-hydrogen) atoms. The zero-order chi connectivity index (χ0) is 19.9. The third kappa shape index (κ3) is 5.76. The Kier molecular flexibility index (Phi) is 7.83. The number of carboxylic acid groups (broad SMARTS) is 2. The Balaban J connectivity index is 0.000000330. The molecule has 2 N–H and O–H groups in total. The number of carboxylic acids is 2. The van der Waals surface area contributed by atoms with E-state index in [2.05, 4.69) is 31.2 Å². The molecule has 0 saturated carbocycles. The average Bonchev–Trinajstić information content (AvgIpc) is 3.40. The summed E-state index contributed by atoms with van der Waals surface area (Å²) >= 11 is 5.19. The van der Waals surface area contributed by atoms with Gasteiger partial charge < -0.3 is 15.1 Å². The number of piperidine rings is 1. The van der Waals surface area contributed by atoms with Crippen molar-refractivity contribution < 1.29 is 19.8 Å². The lowest BCUT2D eigenvalue weighted by Gasteiger charge is -2.21. The van der Waals surface area contributed by atoms with E-state index < -0.39 is 11.9 Å². The van der Waals surface area contributed by atoms with Gasteiger partial charge in [0, 0.05) is 23.9 Å². The smallest absolute Gasteiger partial charge is 0.414 e. The molecule has 152 valence electrons. The van der Waals surface area contributed by atoms with Gasteiger partial charge in [-0.1, -0.05) is 6.07 Å². The number of rotatable bonds is 6. The van der Waals surface area contributed by atoms with Crippen molar-refractivity contribution in [1.82, 2.24) is 13.6 Å². The number of nitrogens with zero attached hydrogens (tertiary/aromatic N) is 3. The summed E-state index contributed by atoms with van der Waals surface area (Å²) in [4.78, 5) is 22.3. The summed E-state index contributed by atoms with van der Waals surface area (Å²) in [5.74, 6) is -1.04. The summed E-state index contributed by atoms with van der Waals surface area (Å²) in [6, 6.07) is 4.38. The number of thioether (sulfide) groups is 1. The molecule has 2 fully saturated rings. The van der Waals surface area contributed by atoms with Crippen LogP contribution < -0.4 is 0 Å². The first-order valence-electron chi connectivity index (χ1n) is 9.20. The molecule has 2 bridgehead atoms. The number of hydrogen-bond donors (Lipinski definition) is 2. The summed E-state index contributed by atoms with van der Waals surface area (Å²) < 4.78 is 9.26. The van der Waals surface area contributed by atoms with Crippen molar-refractivity contribution in [3.05, 3.63) is 28.1 Å². The monoisotopic (exact) mass is 441 g/mol. The first kappa shape index (κ1) is 21.2. The van der Waals surface area contributed by atoms with Crippen LogP contribution in [-0.2, 0) is 16.0 Å². The maximum absolute atomic E-state index is 9.10. The molecule has 4 heterocycles. The van der Waals surface area contributed by atoms with Crippen molar-refractivity contribution in [2.75, 3.05) is 25.4 Å². The van der Waals surface area contributed by atoms with Crippen molar-refractivity contribution in [2.45, 2.75) is 36.6 Å².